The maximum absolute atomic E-state index is 12.8. The molecule has 1 amide bonds. The van der Waals surface area contributed by atoms with E-state index >= 15 is 0 Å². The number of halogens is 2. The van der Waals surface area contributed by atoms with Gasteiger partial charge in [0, 0.05) is 22.7 Å². The minimum absolute atomic E-state index is 0.0410. The SMILES string of the molecule is CN(Cc1ccc(F)cc1)C(=O)c1ccc(I)cc1. The maximum Gasteiger partial charge on any atom is 0.253 e. The Morgan fingerprint density at radius 3 is 2.26 bits per heavy atom. The van der Waals surface area contributed by atoms with Crippen molar-refractivity contribution in [2.75, 3.05) is 7.05 Å². The van der Waals surface area contributed by atoms with Crippen LogP contribution in [0.3, 0.4) is 0 Å². The molecule has 0 fully saturated rings. The third-order valence-corrected chi connectivity index (χ3v) is 3.49. The molecule has 0 bridgehead atoms. The molecule has 0 radical (unpaired) electrons. The maximum atomic E-state index is 12.8. The molecule has 2 rings (SSSR count). The number of amides is 1. The predicted molar refractivity (Wildman–Crippen MR) is 81.4 cm³/mol. The summed E-state index contributed by atoms with van der Waals surface area (Å²) in [5.74, 6) is -0.309. The number of carbonyl (C=O) groups excluding carboxylic acids is 1. The zero-order chi connectivity index (χ0) is 13.8. The van der Waals surface area contributed by atoms with Crippen molar-refractivity contribution in [2.45, 2.75) is 6.54 Å². The average Bonchev–Trinajstić information content (AvgIpc) is 2.41. The Labute approximate surface area is 125 Å². The van der Waals surface area contributed by atoms with E-state index in [9.17, 15) is 9.18 Å². The molecule has 0 aliphatic rings. The molecule has 0 aliphatic heterocycles. The highest BCUT2D eigenvalue weighted by molar-refractivity contribution is 14.1. The summed E-state index contributed by atoms with van der Waals surface area (Å²) >= 11 is 2.20. The molecule has 19 heavy (non-hydrogen) atoms. The quantitative estimate of drug-likeness (QED) is 0.756. The summed E-state index contributed by atoms with van der Waals surface area (Å²) in [5, 5.41) is 0. The van der Waals surface area contributed by atoms with Crippen LogP contribution < -0.4 is 0 Å². The van der Waals surface area contributed by atoms with Gasteiger partial charge in [0.15, 0.2) is 0 Å². The first-order valence-electron chi connectivity index (χ1n) is 5.82. The van der Waals surface area contributed by atoms with E-state index in [-0.39, 0.29) is 11.7 Å². The van der Waals surface area contributed by atoms with Crippen molar-refractivity contribution in [1.82, 2.24) is 4.90 Å². The van der Waals surface area contributed by atoms with Crippen LogP contribution in [0.25, 0.3) is 0 Å². The van der Waals surface area contributed by atoms with Gasteiger partial charge in [-0.05, 0) is 64.6 Å². The van der Waals surface area contributed by atoms with Crippen LogP contribution in [0.4, 0.5) is 4.39 Å². The first kappa shape index (κ1) is 14.0. The summed E-state index contributed by atoms with van der Waals surface area (Å²) in [5.41, 5.74) is 1.56. The van der Waals surface area contributed by atoms with E-state index in [1.54, 1.807) is 24.1 Å². The van der Waals surface area contributed by atoms with E-state index in [1.807, 2.05) is 24.3 Å². The van der Waals surface area contributed by atoms with Crippen LogP contribution in [0.1, 0.15) is 15.9 Å². The van der Waals surface area contributed by atoms with Gasteiger partial charge in [-0.15, -0.1) is 0 Å². The molecule has 0 saturated heterocycles. The highest BCUT2D eigenvalue weighted by Gasteiger charge is 2.11. The van der Waals surface area contributed by atoms with Crippen LogP contribution in [0.15, 0.2) is 48.5 Å². The monoisotopic (exact) mass is 369 g/mol. The molecule has 0 N–H and O–H groups in total. The smallest absolute Gasteiger partial charge is 0.253 e. The van der Waals surface area contributed by atoms with Crippen LogP contribution in [-0.4, -0.2) is 17.9 Å². The second kappa shape index (κ2) is 6.14. The fourth-order valence-electron chi connectivity index (χ4n) is 1.75. The van der Waals surface area contributed by atoms with Gasteiger partial charge in [0.25, 0.3) is 5.91 Å². The van der Waals surface area contributed by atoms with E-state index in [0.717, 1.165) is 9.13 Å². The third-order valence-electron chi connectivity index (χ3n) is 2.77. The fourth-order valence-corrected chi connectivity index (χ4v) is 2.11. The van der Waals surface area contributed by atoms with E-state index < -0.39 is 0 Å². The van der Waals surface area contributed by atoms with Gasteiger partial charge >= 0.3 is 0 Å². The molecule has 4 heteroatoms. The second-order valence-electron chi connectivity index (χ2n) is 4.29. The summed E-state index contributed by atoms with van der Waals surface area (Å²) in [6.07, 6.45) is 0. The van der Waals surface area contributed by atoms with Crippen LogP contribution in [0.2, 0.25) is 0 Å². The number of rotatable bonds is 3. The molecule has 0 atom stereocenters. The van der Waals surface area contributed by atoms with Crippen molar-refractivity contribution in [3.8, 4) is 0 Å². The van der Waals surface area contributed by atoms with Crippen LogP contribution in [0.5, 0.6) is 0 Å². The molecule has 2 aromatic rings. The lowest BCUT2D eigenvalue weighted by Crippen LogP contribution is -2.26. The van der Waals surface area contributed by atoms with E-state index in [0.29, 0.717) is 12.1 Å². The Morgan fingerprint density at radius 1 is 1.11 bits per heavy atom. The van der Waals surface area contributed by atoms with Crippen LogP contribution >= 0.6 is 22.6 Å². The van der Waals surface area contributed by atoms with E-state index in [2.05, 4.69) is 22.6 Å². The lowest BCUT2D eigenvalue weighted by molar-refractivity contribution is 0.0785. The van der Waals surface area contributed by atoms with Crippen molar-refractivity contribution in [2.24, 2.45) is 0 Å². The van der Waals surface area contributed by atoms with Crippen molar-refractivity contribution >= 4 is 28.5 Å². The standard InChI is InChI=1S/C15H13FINO/c1-18(10-11-2-6-13(16)7-3-11)15(19)12-4-8-14(17)9-5-12/h2-9H,10H2,1H3. The summed E-state index contributed by atoms with van der Waals surface area (Å²) < 4.78 is 13.9. The van der Waals surface area contributed by atoms with Gasteiger partial charge in [-0.25, -0.2) is 4.39 Å². The molecule has 0 aromatic heterocycles. The van der Waals surface area contributed by atoms with E-state index in [4.69, 9.17) is 0 Å². The molecular weight excluding hydrogens is 356 g/mol. The van der Waals surface area contributed by atoms with Crippen molar-refractivity contribution < 1.29 is 9.18 Å². The minimum Gasteiger partial charge on any atom is -0.337 e. The van der Waals surface area contributed by atoms with Crippen molar-refractivity contribution in [3.05, 3.63) is 69.0 Å². The average molecular weight is 369 g/mol. The fraction of sp³-hybridized carbons (Fsp3) is 0.133. The highest BCUT2D eigenvalue weighted by Crippen LogP contribution is 2.11. The molecule has 0 saturated carbocycles. The Balaban J connectivity index is 2.07. The number of hydrogen-bond donors (Lipinski definition) is 0. The molecule has 2 nitrogen and oxygen atoms in total. The summed E-state index contributed by atoms with van der Waals surface area (Å²) in [4.78, 5) is 13.8. The summed E-state index contributed by atoms with van der Waals surface area (Å²) in [6.45, 7) is 0.463. The zero-order valence-electron chi connectivity index (χ0n) is 10.4. The van der Waals surface area contributed by atoms with Gasteiger partial charge in [0.1, 0.15) is 5.82 Å². The van der Waals surface area contributed by atoms with Gasteiger partial charge in [0.2, 0.25) is 0 Å². The molecule has 0 heterocycles. The number of hydrogen-bond acceptors (Lipinski definition) is 1. The second-order valence-corrected chi connectivity index (χ2v) is 5.54. The topological polar surface area (TPSA) is 20.3 Å². The molecule has 0 aliphatic carbocycles. The van der Waals surface area contributed by atoms with Gasteiger partial charge in [0.05, 0.1) is 0 Å². The minimum atomic E-state index is -0.268. The predicted octanol–water partition coefficient (Wildman–Crippen LogP) is 3.70. The van der Waals surface area contributed by atoms with Gasteiger partial charge in [-0.3, -0.25) is 4.79 Å². The van der Waals surface area contributed by atoms with Gasteiger partial charge in [-0.1, -0.05) is 12.1 Å². The largest absolute Gasteiger partial charge is 0.337 e. The van der Waals surface area contributed by atoms with Crippen molar-refractivity contribution in [1.29, 1.82) is 0 Å². The van der Waals surface area contributed by atoms with Gasteiger partial charge < -0.3 is 4.90 Å². The summed E-state index contributed by atoms with van der Waals surface area (Å²) in [7, 11) is 1.74. The number of benzene rings is 2. The lowest BCUT2D eigenvalue weighted by atomic mass is 10.1. The third kappa shape index (κ3) is 3.76. The Hall–Kier alpha value is -1.43. The molecule has 98 valence electrons. The van der Waals surface area contributed by atoms with E-state index in [1.165, 1.54) is 12.1 Å². The highest BCUT2D eigenvalue weighted by atomic mass is 127. The van der Waals surface area contributed by atoms with Crippen LogP contribution in [0, 0.1) is 9.39 Å². The Morgan fingerprint density at radius 2 is 1.68 bits per heavy atom. The molecule has 0 unspecified atom stereocenters. The van der Waals surface area contributed by atoms with Crippen LogP contribution in [-0.2, 0) is 6.54 Å². The normalized spacial score (nSPS) is 10.3. The Bertz CT molecular complexity index is 566. The summed E-state index contributed by atoms with van der Waals surface area (Å²) in [6, 6.07) is 13.6. The van der Waals surface area contributed by atoms with Gasteiger partial charge in [-0.2, -0.15) is 0 Å². The molecule has 0 spiro atoms. The lowest BCUT2D eigenvalue weighted by Gasteiger charge is -2.17. The first-order valence-corrected chi connectivity index (χ1v) is 6.89. The zero-order valence-corrected chi connectivity index (χ0v) is 12.6. The Kier molecular flexibility index (Phi) is 4.52. The number of carbonyl (C=O) groups is 1. The first-order chi connectivity index (χ1) is 9.06. The molecule has 2 aromatic carbocycles. The van der Waals surface area contributed by atoms with Crippen molar-refractivity contribution in [3.63, 3.8) is 0 Å². The number of nitrogens with zero attached hydrogens (tertiary/aromatic N) is 1. The molecular formula is C15H13FINO.